The van der Waals surface area contributed by atoms with E-state index in [1.54, 1.807) is 0 Å². The summed E-state index contributed by atoms with van der Waals surface area (Å²) in [7, 11) is -2.51. The second-order valence-electron chi connectivity index (χ2n) is 4.02. The van der Waals surface area contributed by atoms with Crippen LogP contribution in [-0.4, -0.2) is 15.5 Å². The number of halogens is 3. The van der Waals surface area contributed by atoms with Crippen LogP contribution in [0.15, 0.2) is 51.8 Å². The third-order valence-corrected chi connectivity index (χ3v) is 5.48. The van der Waals surface area contributed by atoms with E-state index in [2.05, 4.69) is 15.9 Å². The van der Waals surface area contributed by atoms with Crippen molar-refractivity contribution in [2.75, 3.05) is 11.4 Å². The van der Waals surface area contributed by atoms with Crippen molar-refractivity contribution < 1.29 is 17.2 Å². The number of nitrogens with zero attached hydrogens (tertiary/aromatic N) is 1. The second-order valence-corrected chi connectivity index (χ2v) is 6.82. The zero-order valence-corrected chi connectivity index (χ0v) is 12.7. The molecule has 0 amide bonds. The molecule has 20 heavy (non-hydrogen) atoms. The molecule has 0 radical (unpaired) electrons. The highest BCUT2D eigenvalue weighted by Gasteiger charge is 2.24. The molecule has 2 aromatic rings. The number of sulfonamides is 1. The first-order valence-corrected chi connectivity index (χ1v) is 7.75. The van der Waals surface area contributed by atoms with Gasteiger partial charge in [0.2, 0.25) is 0 Å². The summed E-state index contributed by atoms with van der Waals surface area (Å²) in [6.45, 7) is 0. The maximum absolute atomic E-state index is 13.0. The van der Waals surface area contributed by atoms with E-state index in [-0.39, 0.29) is 9.37 Å². The van der Waals surface area contributed by atoms with Crippen LogP contribution in [0, 0.1) is 11.6 Å². The lowest BCUT2D eigenvalue weighted by atomic mass is 10.3. The van der Waals surface area contributed by atoms with Gasteiger partial charge in [-0.25, -0.2) is 17.2 Å². The molecule has 3 nitrogen and oxygen atoms in total. The number of anilines is 1. The fourth-order valence-corrected chi connectivity index (χ4v) is 3.83. The quantitative estimate of drug-likeness (QED) is 0.838. The number of rotatable bonds is 3. The molecule has 106 valence electrons. The van der Waals surface area contributed by atoms with Crippen molar-refractivity contribution in [1.29, 1.82) is 0 Å². The predicted molar refractivity (Wildman–Crippen MR) is 76.1 cm³/mol. The number of benzene rings is 2. The summed E-state index contributed by atoms with van der Waals surface area (Å²) in [5, 5.41) is 0. The fourth-order valence-electron chi connectivity index (χ4n) is 1.62. The fraction of sp³-hybridized carbons (Fsp3) is 0.0769. The van der Waals surface area contributed by atoms with Gasteiger partial charge in [-0.05, 0) is 58.4 Å². The Bertz CT molecular complexity index is 733. The van der Waals surface area contributed by atoms with E-state index in [9.17, 15) is 17.2 Å². The normalized spacial score (nSPS) is 11.4. The molecule has 2 rings (SSSR count). The summed E-state index contributed by atoms with van der Waals surface area (Å²) < 4.78 is 51.9. The van der Waals surface area contributed by atoms with Gasteiger partial charge >= 0.3 is 0 Å². The molecule has 0 aliphatic heterocycles. The van der Waals surface area contributed by atoms with Crippen LogP contribution in [0.4, 0.5) is 14.5 Å². The van der Waals surface area contributed by atoms with Crippen molar-refractivity contribution in [2.45, 2.75) is 4.90 Å². The van der Waals surface area contributed by atoms with Gasteiger partial charge < -0.3 is 0 Å². The predicted octanol–water partition coefficient (Wildman–Crippen LogP) is 3.55. The van der Waals surface area contributed by atoms with Crippen molar-refractivity contribution in [2.24, 2.45) is 0 Å². The van der Waals surface area contributed by atoms with Crippen LogP contribution in [-0.2, 0) is 10.0 Å². The average molecular weight is 362 g/mol. The van der Waals surface area contributed by atoms with Gasteiger partial charge in [-0.2, -0.15) is 0 Å². The molecule has 0 aliphatic rings. The van der Waals surface area contributed by atoms with Crippen molar-refractivity contribution >= 4 is 31.6 Å². The Kier molecular flexibility index (Phi) is 4.10. The molecule has 0 unspecified atom stereocenters. The Balaban J connectivity index is 2.46. The van der Waals surface area contributed by atoms with E-state index >= 15 is 0 Å². The highest BCUT2D eigenvalue weighted by molar-refractivity contribution is 9.10. The number of hydrogen-bond donors (Lipinski definition) is 0. The molecule has 0 heterocycles. The smallest absolute Gasteiger partial charge is 0.265 e. The van der Waals surface area contributed by atoms with Crippen LogP contribution < -0.4 is 4.31 Å². The molecular weight excluding hydrogens is 352 g/mol. The van der Waals surface area contributed by atoms with Gasteiger partial charge in [0.15, 0.2) is 0 Å². The first-order valence-electron chi connectivity index (χ1n) is 5.52. The molecule has 0 spiro atoms. The van der Waals surface area contributed by atoms with Crippen LogP contribution >= 0.6 is 15.9 Å². The molecule has 0 saturated heterocycles. The van der Waals surface area contributed by atoms with Crippen LogP contribution in [0.3, 0.4) is 0 Å². The molecule has 2 aromatic carbocycles. The molecule has 0 aromatic heterocycles. The molecule has 0 fully saturated rings. The molecule has 0 saturated carbocycles. The molecule has 0 atom stereocenters. The van der Waals surface area contributed by atoms with Crippen LogP contribution in [0.25, 0.3) is 0 Å². The van der Waals surface area contributed by atoms with E-state index < -0.39 is 21.7 Å². The molecular formula is C13H10BrF2NO2S. The Morgan fingerprint density at radius 3 is 2.10 bits per heavy atom. The van der Waals surface area contributed by atoms with Crippen LogP contribution in [0.1, 0.15) is 0 Å². The topological polar surface area (TPSA) is 37.4 Å². The highest BCUT2D eigenvalue weighted by Crippen LogP contribution is 2.28. The van der Waals surface area contributed by atoms with E-state index in [0.717, 1.165) is 16.4 Å². The van der Waals surface area contributed by atoms with Gasteiger partial charge in [-0.15, -0.1) is 0 Å². The third kappa shape index (κ3) is 2.83. The Morgan fingerprint density at radius 2 is 1.55 bits per heavy atom. The zero-order valence-electron chi connectivity index (χ0n) is 10.3. The second kappa shape index (κ2) is 5.49. The van der Waals surface area contributed by atoms with E-state index in [0.29, 0.717) is 5.69 Å². The molecule has 0 aliphatic carbocycles. The summed E-state index contributed by atoms with van der Waals surface area (Å²) in [5.41, 5.74) is 0.308. The first-order chi connectivity index (χ1) is 9.32. The minimum absolute atomic E-state index is 0.0641. The lowest BCUT2D eigenvalue weighted by Gasteiger charge is -2.20. The van der Waals surface area contributed by atoms with Gasteiger partial charge in [0, 0.05) is 11.5 Å². The van der Waals surface area contributed by atoms with Crippen molar-refractivity contribution in [3.8, 4) is 0 Å². The summed E-state index contributed by atoms with van der Waals surface area (Å²) in [4.78, 5) is -0.0641. The Morgan fingerprint density at radius 1 is 1.00 bits per heavy atom. The lowest BCUT2D eigenvalue weighted by Crippen LogP contribution is -2.26. The standard InChI is InChI=1S/C13H10BrF2NO2S/c1-17(11-5-2-9(15)3-6-11)20(18,19)13-7-4-10(16)8-12(13)14/h2-8H,1H3. The highest BCUT2D eigenvalue weighted by atomic mass is 79.9. The maximum Gasteiger partial charge on any atom is 0.265 e. The summed E-state index contributed by atoms with van der Waals surface area (Å²) in [6, 6.07) is 8.35. The van der Waals surface area contributed by atoms with Crippen molar-refractivity contribution in [3.05, 3.63) is 58.6 Å². The maximum atomic E-state index is 13.0. The summed E-state index contributed by atoms with van der Waals surface area (Å²) in [5.74, 6) is -0.997. The minimum Gasteiger partial charge on any atom is -0.269 e. The zero-order chi connectivity index (χ0) is 14.9. The van der Waals surface area contributed by atoms with Gasteiger partial charge in [-0.3, -0.25) is 4.31 Å². The third-order valence-electron chi connectivity index (χ3n) is 2.72. The van der Waals surface area contributed by atoms with Gasteiger partial charge in [-0.1, -0.05) is 0 Å². The largest absolute Gasteiger partial charge is 0.269 e. The van der Waals surface area contributed by atoms with E-state index in [1.807, 2.05) is 0 Å². The first kappa shape index (κ1) is 14.9. The van der Waals surface area contributed by atoms with Crippen molar-refractivity contribution in [3.63, 3.8) is 0 Å². The van der Waals surface area contributed by atoms with Crippen molar-refractivity contribution in [1.82, 2.24) is 0 Å². The SMILES string of the molecule is CN(c1ccc(F)cc1)S(=O)(=O)c1ccc(F)cc1Br. The Hall–Kier alpha value is -1.47. The van der Waals surface area contributed by atoms with Gasteiger partial charge in [0.1, 0.15) is 16.5 Å². The van der Waals surface area contributed by atoms with Crippen LogP contribution in [0.2, 0.25) is 0 Å². The van der Waals surface area contributed by atoms with Gasteiger partial charge in [0.25, 0.3) is 10.0 Å². The summed E-state index contributed by atoms with van der Waals surface area (Å²) >= 11 is 3.03. The van der Waals surface area contributed by atoms with Crippen LogP contribution in [0.5, 0.6) is 0 Å². The van der Waals surface area contributed by atoms with E-state index in [4.69, 9.17) is 0 Å². The summed E-state index contributed by atoms with van der Waals surface area (Å²) in [6.07, 6.45) is 0. The van der Waals surface area contributed by atoms with Gasteiger partial charge in [0.05, 0.1) is 5.69 Å². The monoisotopic (exact) mass is 361 g/mol. The minimum atomic E-state index is -3.85. The average Bonchev–Trinajstić information content (AvgIpc) is 2.38. The lowest BCUT2D eigenvalue weighted by molar-refractivity contribution is 0.592. The Labute approximate surface area is 124 Å². The van der Waals surface area contributed by atoms with E-state index in [1.165, 1.54) is 37.4 Å². The number of hydrogen-bond acceptors (Lipinski definition) is 2. The molecule has 7 heteroatoms. The molecule has 0 N–H and O–H groups in total. The molecule has 0 bridgehead atoms.